The average molecular weight is 248 g/mol. The number of nitro groups is 1. The monoisotopic (exact) mass is 248 g/mol. The second-order valence-corrected chi connectivity index (χ2v) is 3.86. The third kappa shape index (κ3) is 3.16. The predicted molar refractivity (Wildman–Crippen MR) is 71.2 cm³/mol. The predicted octanol–water partition coefficient (Wildman–Crippen LogP) is 2.81. The van der Waals surface area contributed by atoms with Gasteiger partial charge in [-0.15, -0.1) is 6.58 Å². The minimum atomic E-state index is -0.464. The third-order valence-corrected chi connectivity index (χ3v) is 2.52. The Hall–Kier alpha value is -2.17. The lowest BCUT2D eigenvalue weighted by atomic mass is 10.1. The van der Waals surface area contributed by atoms with Crippen molar-refractivity contribution in [2.45, 2.75) is 13.3 Å². The van der Waals surface area contributed by atoms with Gasteiger partial charge >= 0.3 is 0 Å². The third-order valence-electron chi connectivity index (χ3n) is 2.52. The van der Waals surface area contributed by atoms with Crippen LogP contribution in [0.4, 0.5) is 11.4 Å². The molecule has 18 heavy (non-hydrogen) atoms. The molecule has 0 atom stereocenters. The second-order valence-electron chi connectivity index (χ2n) is 3.86. The summed E-state index contributed by atoms with van der Waals surface area (Å²) in [5.41, 5.74) is 0.780. The number of aldehydes is 1. The first-order chi connectivity index (χ1) is 8.63. The van der Waals surface area contributed by atoms with Crippen molar-refractivity contribution >= 4 is 17.7 Å². The van der Waals surface area contributed by atoms with Crippen LogP contribution in [0, 0.1) is 10.1 Å². The van der Waals surface area contributed by atoms with Crippen molar-refractivity contribution in [3.05, 3.63) is 46.5 Å². The number of carbonyl (C=O) groups excluding carboxylic acids is 1. The highest BCUT2D eigenvalue weighted by molar-refractivity contribution is 5.79. The standard InChI is InChI=1S/C13H16N2O3/c1-3-7-14(8-4-2)12-6-5-11(10-16)9-13(12)15(17)18/h3,5-6,9-10H,1,4,7-8H2,2H3. The van der Waals surface area contributed by atoms with Gasteiger partial charge in [0.05, 0.1) is 4.92 Å². The van der Waals surface area contributed by atoms with E-state index in [2.05, 4.69) is 6.58 Å². The highest BCUT2D eigenvalue weighted by Gasteiger charge is 2.18. The number of benzene rings is 1. The number of anilines is 1. The lowest BCUT2D eigenvalue weighted by Crippen LogP contribution is -2.24. The maximum absolute atomic E-state index is 11.0. The van der Waals surface area contributed by atoms with Crippen LogP contribution in [0.3, 0.4) is 0 Å². The van der Waals surface area contributed by atoms with Crippen LogP contribution < -0.4 is 4.90 Å². The Morgan fingerprint density at radius 2 is 2.22 bits per heavy atom. The Balaban J connectivity index is 3.22. The van der Waals surface area contributed by atoms with Crippen molar-refractivity contribution in [2.75, 3.05) is 18.0 Å². The smallest absolute Gasteiger partial charge is 0.293 e. The van der Waals surface area contributed by atoms with Gasteiger partial charge in [0, 0.05) is 24.7 Å². The summed E-state index contributed by atoms with van der Waals surface area (Å²) >= 11 is 0. The van der Waals surface area contributed by atoms with Gasteiger partial charge in [0.2, 0.25) is 0 Å². The molecule has 0 unspecified atom stereocenters. The fourth-order valence-corrected chi connectivity index (χ4v) is 1.76. The van der Waals surface area contributed by atoms with Crippen LogP contribution in [0.15, 0.2) is 30.9 Å². The largest absolute Gasteiger partial charge is 0.362 e. The lowest BCUT2D eigenvalue weighted by molar-refractivity contribution is -0.384. The van der Waals surface area contributed by atoms with Gasteiger partial charge in [0.15, 0.2) is 0 Å². The number of nitro benzene ring substituents is 1. The molecule has 5 nitrogen and oxygen atoms in total. The van der Waals surface area contributed by atoms with Crippen LogP contribution in [0.5, 0.6) is 0 Å². The lowest BCUT2D eigenvalue weighted by Gasteiger charge is -2.22. The van der Waals surface area contributed by atoms with E-state index in [1.54, 1.807) is 18.2 Å². The number of hydrogen-bond donors (Lipinski definition) is 0. The van der Waals surface area contributed by atoms with E-state index < -0.39 is 4.92 Å². The van der Waals surface area contributed by atoms with Crippen molar-refractivity contribution < 1.29 is 9.72 Å². The van der Waals surface area contributed by atoms with E-state index in [0.717, 1.165) is 6.42 Å². The summed E-state index contributed by atoms with van der Waals surface area (Å²) in [7, 11) is 0. The zero-order valence-electron chi connectivity index (χ0n) is 10.3. The minimum absolute atomic E-state index is 0.0464. The molecule has 0 aliphatic heterocycles. The second kappa shape index (κ2) is 6.54. The molecule has 0 aliphatic carbocycles. The van der Waals surface area contributed by atoms with Crippen LogP contribution in [0.1, 0.15) is 23.7 Å². The quantitative estimate of drug-likeness (QED) is 0.322. The van der Waals surface area contributed by atoms with E-state index >= 15 is 0 Å². The maximum atomic E-state index is 11.0. The van der Waals surface area contributed by atoms with Gasteiger partial charge in [-0.3, -0.25) is 14.9 Å². The fourth-order valence-electron chi connectivity index (χ4n) is 1.76. The zero-order valence-corrected chi connectivity index (χ0v) is 10.3. The van der Waals surface area contributed by atoms with E-state index in [-0.39, 0.29) is 5.69 Å². The van der Waals surface area contributed by atoms with Crippen molar-refractivity contribution in [2.24, 2.45) is 0 Å². The summed E-state index contributed by atoms with van der Waals surface area (Å²) in [5.74, 6) is 0. The van der Waals surface area contributed by atoms with Crippen molar-refractivity contribution in [1.29, 1.82) is 0 Å². The number of nitrogens with zero attached hydrogens (tertiary/aromatic N) is 2. The van der Waals surface area contributed by atoms with Gasteiger partial charge < -0.3 is 4.90 Å². The molecular weight excluding hydrogens is 232 g/mol. The summed E-state index contributed by atoms with van der Waals surface area (Å²) in [6.45, 7) is 6.89. The Bertz CT molecular complexity index is 458. The molecule has 0 spiro atoms. The molecule has 0 aliphatic rings. The highest BCUT2D eigenvalue weighted by Crippen LogP contribution is 2.29. The zero-order chi connectivity index (χ0) is 13.5. The molecule has 5 heteroatoms. The number of hydrogen-bond acceptors (Lipinski definition) is 4. The molecule has 0 aromatic heterocycles. The molecule has 96 valence electrons. The normalized spacial score (nSPS) is 9.83. The Labute approximate surface area is 106 Å². The van der Waals surface area contributed by atoms with Crippen LogP contribution in [0.2, 0.25) is 0 Å². The molecule has 0 N–H and O–H groups in total. The Kier molecular flexibility index (Phi) is 5.05. The van der Waals surface area contributed by atoms with E-state index in [0.29, 0.717) is 30.6 Å². The van der Waals surface area contributed by atoms with Gasteiger partial charge in [0.25, 0.3) is 5.69 Å². The molecule has 1 rings (SSSR count). The summed E-state index contributed by atoms with van der Waals surface area (Å²) < 4.78 is 0. The number of carbonyl (C=O) groups is 1. The average Bonchev–Trinajstić information content (AvgIpc) is 2.37. The maximum Gasteiger partial charge on any atom is 0.293 e. The molecule has 0 fully saturated rings. The first-order valence-corrected chi connectivity index (χ1v) is 5.73. The topological polar surface area (TPSA) is 63.5 Å². The highest BCUT2D eigenvalue weighted by atomic mass is 16.6. The van der Waals surface area contributed by atoms with E-state index in [4.69, 9.17) is 0 Å². The van der Waals surface area contributed by atoms with Crippen LogP contribution in [-0.4, -0.2) is 24.3 Å². The first kappa shape index (κ1) is 13.9. The minimum Gasteiger partial charge on any atom is -0.362 e. The molecule has 0 heterocycles. The molecule has 0 saturated heterocycles. The van der Waals surface area contributed by atoms with Crippen LogP contribution in [-0.2, 0) is 0 Å². The fraction of sp³-hybridized carbons (Fsp3) is 0.308. The molecule has 0 saturated carbocycles. The summed E-state index contributed by atoms with van der Waals surface area (Å²) in [4.78, 5) is 23.1. The van der Waals surface area contributed by atoms with Crippen molar-refractivity contribution in [1.82, 2.24) is 0 Å². The molecule has 0 amide bonds. The molecule has 0 radical (unpaired) electrons. The van der Waals surface area contributed by atoms with E-state index in [1.165, 1.54) is 6.07 Å². The van der Waals surface area contributed by atoms with Gasteiger partial charge in [-0.2, -0.15) is 0 Å². The van der Waals surface area contributed by atoms with Crippen LogP contribution >= 0.6 is 0 Å². The number of rotatable bonds is 7. The molecule has 0 bridgehead atoms. The molecular formula is C13H16N2O3. The summed E-state index contributed by atoms with van der Waals surface area (Å²) in [5, 5.41) is 11.0. The van der Waals surface area contributed by atoms with Gasteiger partial charge in [-0.05, 0) is 18.6 Å². The Morgan fingerprint density at radius 1 is 1.50 bits per heavy atom. The van der Waals surface area contributed by atoms with Crippen LogP contribution in [0.25, 0.3) is 0 Å². The van der Waals surface area contributed by atoms with Gasteiger partial charge in [-0.1, -0.05) is 13.0 Å². The first-order valence-electron chi connectivity index (χ1n) is 5.73. The Morgan fingerprint density at radius 3 is 2.72 bits per heavy atom. The van der Waals surface area contributed by atoms with Gasteiger partial charge in [0.1, 0.15) is 12.0 Å². The summed E-state index contributed by atoms with van der Waals surface area (Å²) in [6, 6.07) is 4.50. The van der Waals surface area contributed by atoms with Crippen molar-refractivity contribution in [3.63, 3.8) is 0 Å². The molecule has 1 aromatic rings. The summed E-state index contributed by atoms with van der Waals surface area (Å²) in [6.07, 6.45) is 3.18. The molecule has 1 aromatic carbocycles. The van der Waals surface area contributed by atoms with E-state index in [1.807, 2.05) is 11.8 Å². The van der Waals surface area contributed by atoms with E-state index in [9.17, 15) is 14.9 Å². The van der Waals surface area contributed by atoms with Gasteiger partial charge in [-0.25, -0.2) is 0 Å². The SMILES string of the molecule is C=CCN(CCC)c1ccc(C=O)cc1[N+](=O)[O-]. The van der Waals surface area contributed by atoms with Crippen molar-refractivity contribution in [3.8, 4) is 0 Å².